The zero-order chi connectivity index (χ0) is 10.8. The first kappa shape index (κ1) is 9.97. The summed E-state index contributed by atoms with van der Waals surface area (Å²) in [5.41, 5.74) is 5.19. The Morgan fingerprint density at radius 2 is 1.93 bits per heavy atom. The van der Waals surface area contributed by atoms with E-state index in [4.69, 9.17) is 0 Å². The minimum atomic E-state index is 0.867. The largest absolute Gasteiger partial charge is 0.265 e. The van der Waals surface area contributed by atoms with E-state index in [1.54, 1.807) is 0 Å². The van der Waals surface area contributed by atoms with Gasteiger partial charge in [0.05, 0.1) is 6.54 Å². The van der Waals surface area contributed by atoms with Crippen molar-refractivity contribution in [2.75, 3.05) is 0 Å². The van der Waals surface area contributed by atoms with E-state index in [0.717, 1.165) is 6.54 Å². The molecule has 0 saturated carbocycles. The van der Waals surface area contributed by atoms with Crippen LogP contribution in [0.25, 0.3) is 0 Å². The quantitative estimate of drug-likeness (QED) is 0.729. The topological polar surface area (TPSA) is 17.8 Å². The van der Waals surface area contributed by atoms with E-state index in [9.17, 15) is 0 Å². The second kappa shape index (κ2) is 3.89. The normalized spacial score (nSPS) is 10.6. The molecular weight excluding hydrogens is 184 g/mol. The van der Waals surface area contributed by atoms with Gasteiger partial charge in [0.25, 0.3) is 0 Å². The Morgan fingerprint density at radius 1 is 1.13 bits per heavy atom. The molecule has 0 atom stereocenters. The molecule has 0 aliphatic carbocycles. The summed E-state index contributed by atoms with van der Waals surface area (Å²) in [6.45, 7) is 7.22. The summed E-state index contributed by atoms with van der Waals surface area (Å²) in [7, 11) is 0. The number of nitrogens with zero attached hydrogens (tertiary/aromatic N) is 2. The van der Waals surface area contributed by atoms with Crippen LogP contribution in [0.15, 0.2) is 30.5 Å². The van der Waals surface area contributed by atoms with Crippen molar-refractivity contribution < 1.29 is 0 Å². The average molecular weight is 200 g/mol. The molecule has 0 aliphatic rings. The molecular formula is C13H16N2. The highest BCUT2D eigenvalue weighted by atomic mass is 15.3. The van der Waals surface area contributed by atoms with Gasteiger partial charge >= 0.3 is 0 Å². The number of aryl methyl sites for hydroxylation is 3. The van der Waals surface area contributed by atoms with Crippen molar-refractivity contribution >= 4 is 0 Å². The summed E-state index contributed by atoms with van der Waals surface area (Å²) >= 11 is 0. The fourth-order valence-corrected chi connectivity index (χ4v) is 1.70. The SMILES string of the molecule is Cc1ccc(C)c(Cn2nccc2C)c1. The third-order valence-electron chi connectivity index (χ3n) is 2.75. The Labute approximate surface area is 90.6 Å². The second-order valence-electron chi connectivity index (χ2n) is 4.06. The second-order valence-corrected chi connectivity index (χ2v) is 4.06. The van der Waals surface area contributed by atoms with Crippen molar-refractivity contribution in [3.05, 3.63) is 52.8 Å². The van der Waals surface area contributed by atoms with E-state index >= 15 is 0 Å². The van der Waals surface area contributed by atoms with Crippen LogP contribution in [-0.2, 0) is 6.54 Å². The fraction of sp³-hybridized carbons (Fsp3) is 0.308. The van der Waals surface area contributed by atoms with E-state index < -0.39 is 0 Å². The van der Waals surface area contributed by atoms with Crippen LogP contribution in [0, 0.1) is 20.8 Å². The zero-order valence-electron chi connectivity index (χ0n) is 9.49. The minimum Gasteiger partial charge on any atom is -0.265 e. The smallest absolute Gasteiger partial charge is 0.0665 e. The monoisotopic (exact) mass is 200 g/mol. The van der Waals surface area contributed by atoms with Crippen molar-refractivity contribution in [3.63, 3.8) is 0 Å². The molecule has 0 saturated heterocycles. The van der Waals surface area contributed by atoms with Crippen LogP contribution in [0.1, 0.15) is 22.4 Å². The zero-order valence-corrected chi connectivity index (χ0v) is 9.49. The van der Waals surface area contributed by atoms with Gasteiger partial charge in [0.15, 0.2) is 0 Å². The molecule has 1 aromatic carbocycles. The van der Waals surface area contributed by atoms with Crippen LogP contribution in [-0.4, -0.2) is 9.78 Å². The third-order valence-corrected chi connectivity index (χ3v) is 2.75. The van der Waals surface area contributed by atoms with E-state index in [0.29, 0.717) is 0 Å². The average Bonchev–Trinajstić information content (AvgIpc) is 2.58. The minimum absolute atomic E-state index is 0.867. The Kier molecular flexibility index (Phi) is 2.58. The van der Waals surface area contributed by atoms with Gasteiger partial charge in [-0.1, -0.05) is 23.8 Å². The fourth-order valence-electron chi connectivity index (χ4n) is 1.70. The van der Waals surface area contributed by atoms with Crippen molar-refractivity contribution in [1.82, 2.24) is 9.78 Å². The van der Waals surface area contributed by atoms with Gasteiger partial charge in [-0.3, -0.25) is 4.68 Å². The van der Waals surface area contributed by atoms with Crippen molar-refractivity contribution in [3.8, 4) is 0 Å². The van der Waals surface area contributed by atoms with E-state index in [1.165, 1.54) is 22.4 Å². The molecule has 2 aromatic rings. The molecule has 0 unspecified atom stereocenters. The lowest BCUT2D eigenvalue weighted by molar-refractivity contribution is 0.662. The molecule has 78 valence electrons. The number of aromatic nitrogens is 2. The van der Waals surface area contributed by atoms with Crippen LogP contribution in [0.5, 0.6) is 0 Å². The van der Waals surface area contributed by atoms with Crippen LogP contribution < -0.4 is 0 Å². The molecule has 0 bridgehead atoms. The lowest BCUT2D eigenvalue weighted by Crippen LogP contribution is -2.05. The van der Waals surface area contributed by atoms with Gasteiger partial charge in [-0.15, -0.1) is 0 Å². The Hall–Kier alpha value is -1.57. The Bertz CT molecular complexity index is 469. The van der Waals surface area contributed by atoms with Crippen molar-refractivity contribution in [2.24, 2.45) is 0 Å². The van der Waals surface area contributed by atoms with Gasteiger partial charge in [-0.05, 0) is 38.0 Å². The van der Waals surface area contributed by atoms with E-state index in [-0.39, 0.29) is 0 Å². The van der Waals surface area contributed by atoms with Gasteiger partial charge in [-0.2, -0.15) is 5.10 Å². The van der Waals surface area contributed by atoms with Crippen molar-refractivity contribution in [1.29, 1.82) is 0 Å². The molecule has 0 amide bonds. The van der Waals surface area contributed by atoms with Gasteiger partial charge in [0, 0.05) is 11.9 Å². The van der Waals surface area contributed by atoms with Crippen LogP contribution in [0.4, 0.5) is 0 Å². The maximum absolute atomic E-state index is 4.30. The van der Waals surface area contributed by atoms with Gasteiger partial charge < -0.3 is 0 Å². The van der Waals surface area contributed by atoms with Crippen LogP contribution >= 0.6 is 0 Å². The number of rotatable bonds is 2. The summed E-state index contributed by atoms with van der Waals surface area (Å²) in [6.07, 6.45) is 1.85. The highest BCUT2D eigenvalue weighted by Crippen LogP contribution is 2.12. The highest BCUT2D eigenvalue weighted by Gasteiger charge is 2.02. The first-order valence-corrected chi connectivity index (χ1v) is 5.21. The van der Waals surface area contributed by atoms with E-state index in [1.807, 2.05) is 16.9 Å². The van der Waals surface area contributed by atoms with Crippen molar-refractivity contribution in [2.45, 2.75) is 27.3 Å². The molecule has 0 aliphatic heterocycles. The summed E-state index contributed by atoms with van der Waals surface area (Å²) in [5, 5.41) is 4.30. The van der Waals surface area contributed by atoms with Gasteiger partial charge in [0.2, 0.25) is 0 Å². The molecule has 1 aromatic heterocycles. The van der Waals surface area contributed by atoms with E-state index in [2.05, 4.69) is 44.1 Å². The molecule has 2 heteroatoms. The molecule has 1 heterocycles. The highest BCUT2D eigenvalue weighted by molar-refractivity contribution is 5.30. The lowest BCUT2D eigenvalue weighted by Gasteiger charge is -2.08. The summed E-state index contributed by atoms with van der Waals surface area (Å²) < 4.78 is 2.03. The summed E-state index contributed by atoms with van der Waals surface area (Å²) in [5.74, 6) is 0. The molecule has 2 nitrogen and oxygen atoms in total. The molecule has 0 N–H and O–H groups in total. The lowest BCUT2D eigenvalue weighted by atomic mass is 10.1. The first-order chi connectivity index (χ1) is 7.16. The van der Waals surface area contributed by atoms with Gasteiger partial charge in [0.1, 0.15) is 0 Å². The Morgan fingerprint density at radius 3 is 2.60 bits per heavy atom. The molecule has 15 heavy (non-hydrogen) atoms. The standard InChI is InChI=1S/C13H16N2/c1-10-4-5-11(2)13(8-10)9-15-12(3)6-7-14-15/h4-8H,9H2,1-3H3. The van der Waals surface area contributed by atoms with Crippen LogP contribution in [0.2, 0.25) is 0 Å². The summed E-state index contributed by atoms with van der Waals surface area (Å²) in [6, 6.07) is 8.58. The summed E-state index contributed by atoms with van der Waals surface area (Å²) in [4.78, 5) is 0. The maximum Gasteiger partial charge on any atom is 0.0665 e. The number of hydrogen-bond acceptors (Lipinski definition) is 1. The molecule has 0 spiro atoms. The molecule has 0 fully saturated rings. The maximum atomic E-state index is 4.30. The molecule has 0 radical (unpaired) electrons. The third kappa shape index (κ3) is 2.09. The predicted molar refractivity (Wildman–Crippen MR) is 62.0 cm³/mol. The number of benzene rings is 1. The first-order valence-electron chi connectivity index (χ1n) is 5.21. The van der Waals surface area contributed by atoms with Gasteiger partial charge in [-0.25, -0.2) is 0 Å². The predicted octanol–water partition coefficient (Wildman–Crippen LogP) is 2.86. The van der Waals surface area contributed by atoms with Crippen LogP contribution in [0.3, 0.4) is 0 Å². The Balaban J connectivity index is 2.32. The number of hydrogen-bond donors (Lipinski definition) is 0. The molecule has 2 rings (SSSR count).